The molecule has 120 valence electrons. The first-order chi connectivity index (χ1) is 10.2. The van der Waals surface area contributed by atoms with E-state index < -0.39 is 26.5 Å². The third-order valence-electron chi connectivity index (χ3n) is 3.61. The van der Waals surface area contributed by atoms with Gasteiger partial charge in [-0.2, -0.15) is 4.31 Å². The van der Waals surface area contributed by atoms with Crippen molar-refractivity contribution in [2.24, 2.45) is 11.7 Å². The van der Waals surface area contributed by atoms with Crippen molar-refractivity contribution in [2.45, 2.75) is 17.7 Å². The fourth-order valence-electron chi connectivity index (χ4n) is 2.32. The van der Waals surface area contributed by atoms with E-state index >= 15 is 0 Å². The van der Waals surface area contributed by atoms with Gasteiger partial charge < -0.3 is 5.73 Å². The summed E-state index contributed by atoms with van der Waals surface area (Å²) in [7, 11) is -3.87. The molecule has 1 aromatic carbocycles. The van der Waals surface area contributed by atoms with Crippen LogP contribution in [0.25, 0.3) is 0 Å². The number of nitro benzene ring substituents is 1. The van der Waals surface area contributed by atoms with E-state index in [0.717, 1.165) is 6.07 Å². The highest BCUT2D eigenvalue weighted by atomic mass is 35.5. The molecule has 1 aromatic rings. The lowest BCUT2D eigenvalue weighted by molar-refractivity contribution is -0.384. The topological polar surface area (TPSA) is 124 Å². The minimum atomic E-state index is -3.87. The van der Waals surface area contributed by atoms with Crippen LogP contribution in [0.5, 0.6) is 0 Å². The molecule has 0 unspecified atom stereocenters. The third kappa shape index (κ3) is 3.21. The van der Waals surface area contributed by atoms with Crippen LogP contribution in [-0.4, -0.2) is 36.6 Å². The zero-order valence-corrected chi connectivity index (χ0v) is 13.0. The predicted molar refractivity (Wildman–Crippen MR) is 78.8 cm³/mol. The number of halogens is 1. The quantitative estimate of drug-likeness (QED) is 0.646. The van der Waals surface area contributed by atoms with Gasteiger partial charge in [0.05, 0.1) is 9.82 Å². The van der Waals surface area contributed by atoms with Crippen LogP contribution in [0.4, 0.5) is 5.69 Å². The lowest BCUT2D eigenvalue weighted by atomic mass is 9.98. The van der Waals surface area contributed by atoms with Crippen molar-refractivity contribution in [1.29, 1.82) is 0 Å². The lowest BCUT2D eigenvalue weighted by Crippen LogP contribution is -2.41. The van der Waals surface area contributed by atoms with Crippen LogP contribution in [0.2, 0.25) is 5.02 Å². The second kappa shape index (κ2) is 6.19. The van der Waals surface area contributed by atoms with E-state index in [1.165, 1.54) is 16.4 Å². The molecule has 1 aliphatic rings. The highest BCUT2D eigenvalue weighted by molar-refractivity contribution is 7.89. The fraction of sp³-hybridized carbons (Fsp3) is 0.417. The molecular formula is C12H14ClN3O5S. The number of rotatable bonds is 4. The van der Waals surface area contributed by atoms with Crippen molar-refractivity contribution in [3.05, 3.63) is 33.3 Å². The number of nitro groups is 1. The third-order valence-corrected chi connectivity index (χ3v) is 5.82. The van der Waals surface area contributed by atoms with Crippen molar-refractivity contribution < 1.29 is 18.1 Å². The minimum absolute atomic E-state index is 0.128. The summed E-state index contributed by atoms with van der Waals surface area (Å²) in [6, 6.07) is 3.35. The first-order valence-corrected chi connectivity index (χ1v) is 8.28. The number of carbonyl (C=O) groups excluding carboxylic acids is 1. The van der Waals surface area contributed by atoms with E-state index in [1.54, 1.807) is 0 Å². The highest BCUT2D eigenvalue weighted by Crippen LogP contribution is 2.30. The number of benzene rings is 1. The number of nitrogens with two attached hydrogens (primary N) is 1. The molecule has 10 heteroatoms. The SMILES string of the molecule is NC(=O)C1CCN(S(=O)(=O)c2ccc(Cl)c([N+](=O)[O-])c2)CC1. The van der Waals surface area contributed by atoms with Crippen LogP contribution in [0.3, 0.4) is 0 Å². The van der Waals surface area contributed by atoms with Gasteiger partial charge in [-0.15, -0.1) is 0 Å². The van der Waals surface area contributed by atoms with Gasteiger partial charge in [0.15, 0.2) is 0 Å². The molecule has 0 aliphatic carbocycles. The molecule has 22 heavy (non-hydrogen) atoms. The molecule has 0 aromatic heterocycles. The Labute approximate surface area is 132 Å². The zero-order valence-electron chi connectivity index (χ0n) is 11.4. The zero-order chi connectivity index (χ0) is 16.5. The molecule has 0 atom stereocenters. The number of primary amides is 1. The number of carbonyl (C=O) groups is 1. The average Bonchev–Trinajstić information content (AvgIpc) is 2.47. The van der Waals surface area contributed by atoms with Gasteiger partial charge in [-0.05, 0) is 25.0 Å². The van der Waals surface area contributed by atoms with Crippen molar-refractivity contribution >= 4 is 33.2 Å². The van der Waals surface area contributed by atoms with Crippen LogP contribution < -0.4 is 5.73 Å². The maximum atomic E-state index is 12.5. The van der Waals surface area contributed by atoms with Crippen LogP contribution >= 0.6 is 11.6 Å². The second-order valence-corrected chi connectivity index (χ2v) is 7.30. The largest absolute Gasteiger partial charge is 0.369 e. The Kier molecular flexibility index (Phi) is 4.69. The molecule has 1 saturated heterocycles. The number of hydrogen-bond acceptors (Lipinski definition) is 5. The Hall–Kier alpha value is -1.71. The molecule has 2 N–H and O–H groups in total. The first-order valence-electron chi connectivity index (χ1n) is 6.47. The van der Waals surface area contributed by atoms with E-state index in [2.05, 4.69) is 0 Å². The minimum Gasteiger partial charge on any atom is -0.369 e. The Morgan fingerprint density at radius 3 is 2.45 bits per heavy atom. The summed E-state index contributed by atoms with van der Waals surface area (Å²) in [6.07, 6.45) is 0.675. The molecule has 1 fully saturated rings. The van der Waals surface area contributed by atoms with Gasteiger partial charge in [-0.25, -0.2) is 8.42 Å². The van der Waals surface area contributed by atoms with Gasteiger partial charge in [-0.1, -0.05) is 11.6 Å². The number of sulfonamides is 1. The highest BCUT2D eigenvalue weighted by Gasteiger charge is 2.32. The van der Waals surface area contributed by atoms with Crippen molar-refractivity contribution in [3.63, 3.8) is 0 Å². The number of nitrogens with zero attached hydrogens (tertiary/aromatic N) is 2. The van der Waals surface area contributed by atoms with Crippen molar-refractivity contribution in [3.8, 4) is 0 Å². The number of hydrogen-bond donors (Lipinski definition) is 1. The van der Waals surface area contributed by atoms with E-state index in [0.29, 0.717) is 12.8 Å². The summed E-state index contributed by atoms with van der Waals surface area (Å²) >= 11 is 5.68. The normalized spacial score (nSPS) is 17.3. The predicted octanol–water partition coefficient (Wildman–Crippen LogP) is 1.13. The summed E-state index contributed by atoms with van der Waals surface area (Å²) in [5, 5.41) is 10.7. The van der Waals surface area contributed by atoms with Crippen molar-refractivity contribution in [2.75, 3.05) is 13.1 Å². The van der Waals surface area contributed by atoms with Gasteiger partial charge in [0, 0.05) is 25.1 Å². The molecule has 0 saturated carbocycles. The monoisotopic (exact) mass is 347 g/mol. The van der Waals surface area contributed by atoms with Crippen LogP contribution in [0.15, 0.2) is 23.1 Å². The van der Waals surface area contributed by atoms with Gasteiger partial charge in [0.25, 0.3) is 5.69 Å². The van der Waals surface area contributed by atoms with E-state index in [4.69, 9.17) is 17.3 Å². The molecular weight excluding hydrogens is 334 g/mol. The van der Waals surface area contributed by atoms with Gasteiger partial charge in [-0.3, -0.25) is 14.9 Å². The maximum absolute atomic E-state index is 12.5. The smallest absolute Gasteiger partial charge is 0.289 e. The standard InChI is InChI=1S/C12H14ClN3O5S/c13-10-2-1-9(7-11(10)16(18)19)22(20,21)15-5-3-8(4-6-15)12(14)17/h1-2,7-8H,3-6H2,(H2,14,17). The molecule has 2 rings (SSSR count). The Morgan fingerprint density at radius 1 is 1.36 bits per heavy atom. The molecule has 1 heterocycles. The summed E-state index contributed by atoms with van der Waals surface area (Å²) in [4.78, 5) is 21.0. The average molecular weight is 348 g/mol. The molecule has 0 spiro atoms. The second-order valence-electron chi connectivity index (χ2n) is 4.95. The number of amides is 1. The van der Waals surface area contributed by atoms with E-state index in [9.17, 15) is 23.3 Å². The fourth-order valence-corrected chi connectivity index (χ4v) is 4.00. The lowest BCUT2D eigenvalue weighted by Gasteiger charge is -2.29. The summed E-state index contributed by atoms with van der Waals surface area (Å²) in [6.45, 7) is 0.290. The van der Waals surface area contributed by atoms with E-state index in [1.807, 2.05) is 0 Å². The molecule has 0 radical (unpaired) electrons. The Morgan fingerprint density at radius 2 is 1.95 bits per heavy atom. The van der Waals surface area contributed by atoms with Gasteiger partial charge >= 0.3 is 0 Å². The molecule has 1 amide bonds. The summed E-state index contributed by atoms with van der Waals surface area (Å²) in [5.41, 5.74) is 4.74. The Bertz CT molecular complexity index is 713. The van der Waals surface area contributed by atoms with Crippen LogP contribution in [-0.2, 0) is 14.8 Å². The molecule has 1 aliphatic heterocycles. The van der Waals surface area contributed by atoms with Crippen molar-refractivity contribution in [1.82, 2.24) is 4.31 Å². The van der Waals surface area contributed by atoms with Gasteiger partial charge in [0.1, 0.15) is 5.02 Å². The van der Waals surface area contributed by atoms with Gasteiger partial charge in [0.2, 0.25) is 15.9 Å². The van der Waals surface area contributed by atoms with E-state index in [-0.39, 0.29) is 28.9 Å². The number of piperidine rings is 1. The summed E-state index contributed by atoms with van der Waals surface area (Å²) < 4.78 is 26.2. The van der Waals surface area contributed by atoms with Crippen LogP contribution in [0, 0.1) is 16.0 Å². The molecule has 0 bridgehead atoms. The molecule has 8 nitrogen and oxygen atoms in total. The maximum Gasteiger partial charge on any atom is 0.289 e. The summed E-state index contributed by atoms with van der Waals surface area (Å²) in [5.74, 6) is -0.787. The Balaban J connectivity index is 2.26. The van der Waals surface area contributed by atoms with Crippen LogP contribution in [0.1, 0.15) is 12.8 Å². The first kappa shape index (κ1) is 16.7.